The van der Waals surface area contributed by atoms with Crippen LogP contribution in [0.3, 0.4) is 0 Å². The van der Waals surface area contributed by atoms with Crippen LogP contribution in [0.25, 0.3) is 0 Å². The van der Waals surface area contributed by atoms with Crippen molar-refractivity contribution in [2.75, 3.05) is 24.8 Å². The van der Waals surface area contributed by atoms with Gasteiger partial charge in [0.15, 0.2) is 11.5 Å². The lowest BCUT2D eigenvalue weighted by Crippen LogP contribution is -2.29. The van der Waals surface area contributed by atoms with Crippen molar-refractivity contribution in [2.24, 2.45) is 0 Å². The highest BCUT2D eigenvalue weighted by molar-refractivity contribution is 7.99. The number of ether oxygens (including phenoxy) is 3. The molecule has 1 aromatic heterocycles. The molecule has 1 aliphatic heterocycles. The van der Waals surface area contributed by atoms with E-state index < -0.39 is 12.0 Å². The zero-order valence-electron chi connectivity index (χ0n) is 20.0. The zero-order chi connectivity index (χ0) is 24.9. The fraction of sp³-hybridized carbons (Fsp3) is 0.320. The number of carbonyl (C=O) groups is 1. The summed E-state index contributed by atoms with van der Waals surface area (Å²) < 4.78 is 18.8. The van der Waals surface area contributed by atoms with Gasteiger partial charge in [0, 0.05) is 10.7 Å². The van der Waals surface area contributed by atoms with Crippen LogP contribution in [0.5, 0.6) is 11.5 Å². The van der Waals surface area contributed by atoms with Crippen LogP contribution in [-0.2, 0) is 16.1 Å². The third-order valence-electron chi connectivity index (χ3n) is 5.41. The largest absolute Gasteiger partial charge is 0.493 e. The summed E-state index contributed by atoms with van der Waals surface area (Å²) in [4.78, 5) is 17.6. The van der Waals surface area contributed by atoms with Crippen molar-refractivity contribution in [3.8, 4) is 11.5 Å². The molecule has 2 aromatic carbocycles. The minimum absolute atomic E-state index is 0.268. The number of anilines is 1. The van der Waals surface area contributed by atoms with Gasteiger partial charge in [-0.2, -0.15) is 4.98 Å². The maximum absolute atomic E-state index is 13.0. The summed E-state index contributed by atoms with van der Waals surface area (Å²) in [5.74, 6) is 2.12. The molecule has 0 aliphatic carbocycles. The average Bonchev–Trinajstić information content (AvgIpc) is 3.25. The molecule has 0 radical (unpaired) electrons. The molecule has 1 N–H and O–H groups in total. The maximum Gasteiger partial charge on any atom is 0.338 e. The highest BCUT2D eigenvalue weighted by atomic mass is 35.5. The van der Waals surface area contributed by atoms with E-state index in [9.17, 15) is 4.79 Å². The van der Waals surface area contributed by atoms with E-state index in [2.05, 4.69) is 15.4 Å². The lowest BCUT2D eigenvalue weighted by Gasteiger charge is -2.28. The minimum Gasteiger partial charge on any atom is -0.493 e. The van der Waals surface area contributed by atoms with Gasteiger partial charge >= 0.3 is 5.97 Å². The van der Waals surface area contributed by atoms with Crippen LogP contribution < -0.4 is 14.8 Å². The second-order valence-electron chi connectivity index (χ2n) is 7.71. The molecular weight excluding hydrogens is 488 g/mol. The Hall–Kier alpha value is -3.17. The number of aromatic nitrogens is 3. The summed E-state index contributed by atoms with van der Waals surface area (Å²) in [6, 6.07) is 12.5. The minimum atomic E-state index is -0.539. The number of fused-ring (bicyclic) bond motifs is 1. The molecular formula is C25H27ClN4O4S. The van der Waals surface area contributed by atoms with E-state index in [-0.39, 0.29) is 6.61 Å². The number of halogens is 1. The van der Waals surface area contributed by atoms with Crippen molar-refractivity contribution in [3.63, 3.8) is 0 Å². The quantitative estimate of drug-likeness (QED) is 0.296. The molecule has 2 heterocycles. The Kier molecular flexibility index (Phi) is 7.87. The van der Waals surface area contributed by atoms with Crippen LogP contribution in [0.4, 0.5) is 5.95 Å². The molecule has 0 spiro atoms. The monoisotopic (exact) mass is 514 g/mol. The fourth-order valence-corrected chi connectivity index (χ4v) is 4.50. The van der Waals surface area contributed by atoms with E-state index in [1.54, 1.807) is 18.7 Å². The van der Waals surface area contributed by atoms with Crippen LogP contribution in [0.2, 0.25) is 5.02 Å². The first-order valence-corrected chi connectivity index (χ1v) is 12.6. The number of esters is 1. The first kappa shape index (κ1) is 24.9. The van der Waals surface area contributed by atoms with Crippen LogP contribution in [0, 0.1) is 0 Å². The van der Waals surface area contributed by atoms with Gasteiger partial charge in [-0.05, 0) is 55.0 Å². The second kappa shape index (κ2) is 11.0. The third kappa shape index (κ3) is 5.41. The number of hydrogen-bond donors (Lipinski definition) is 1. The van der Waals surface area contributed by atoms with Gasteiger partial charge in [0.05, 0.1) is 19.3 Å². The van der Waals surface area contributed by atoms with Crippen LogP contribution in [0.15, 0.2) is 58.9 Å². The Morgan fingerprint density at radius 1 is 1.17 bits per heavy atom. The number of rotatable bonds is 9. The molecule has 3 aromatic rings. The molecule has 1 unspecified atom stereocenters. The lowest BCUT2D eigenvalue weighted by atomic mass is 9.95. The Balaban J connectivity index is 1.70. The Labute approximate surface area is 213 Å². The molecule has 0 fully saturated rings. The Morgan fingerprint density at radius 3 is 2.63 bits per heavy atom. The van der Waals surface area contributed by atoms with Gasteiger partial charge in [0.25, 0.3) is 0 Å². The van der Waals surface area contributed by atoms with Crippen molar-refractivity contribution in [1.29, 1.82) is 0 Å². The number of thioether (sulfide) groups is 1. The molecule has 10 heteroatoms. The molecule has 0 saturated carbocycles. The predicted octanol–water partition coefficient (Wildman–Crippen LogP) is 5.48. The van der Waals surface area contributed by atoms with Gasteiger partial charge < -0.3 is 19.5 Å². The van der Waals surface area contributed by atoms with Crippen molar-refractivity contribution in [3.05, 3.63) is 69.9 Å². The molecule has 0 amide bonds. The summed E-state index contributed by atoms with van der Waals surface area (Å²) in [5.41, 5.74) is 2.91. The Bertz CT molecular complexity index is 1240. The van der Waals surface area contributed by atoms with Gasteiger partial charge in [0.1, 0.15) is 12.6 Å². The highest BCUT2D eigenvalue weighted by Crippen LogP contribution is 2.40. The first-order chi connectivity index (χ1) is 16.9. The highest BCUT2D eigenvalue weighted by Gasteiger charge is 2.35. The standard InChI is InChI=1S/C25H27ClN4O4S/c1-5-33-23(31)21-15(3)27-24-28-25(35-6-2)29-30(24)22(21)17-9-12-19(20(13-17)32-4)34-14-16-7-10-18(26)11-8-16/h7-13,22H,5-6,14H2,1-4H3,(H,27,28,29). The maximum atomic E-state index is 13.0. The van der Waals surface area contributed by atoms with E-state index in [1.165, 1.54) is 11.8 Å². The van der Waals surface area contributed by atoms with Crippen LogP contribution >= 0.6 is 23.4 Å². The molecule has 0 saturated heterocycles. The molecule has 1 atom stereocenters. The smallest absolute Gasteiger partial charge is 0.338 e. The summed E-state index contributed by atoms with van der Waals surface area (Å²) >= 11 is 7.50. The molecule has 0 bridgehead atoms. The number of benzene rings is 2. The third-order valence-corrected chi connectivity index (χ3v) is 6.38. The van der Waals surface area contributed by atoms with Gasteiger partial charge in [-0.3, -0.25) is 0 Å². The normalized spacial score (nSPS) is 14.8. The van der Waals surface area contributed by atoms with Crippen molar-refractivity contribution in [2.45, 2.75) is 38.6 Å². The van der Waals surface area contributed by atoms with E-state index in [0.29, 0.717) is 45.5 Å². The lowest BCUT2D eigenvalue weighted by molar-refractivity contribution is -0.139. The van der Waals surface area contributed by atoms with Gasteiger partial charge in [-0.25, -0.2) is 9.48 Å². The van der Waals surface area contributed by atoms with E-state index >= 15 is 0 Å². The predicted molar refractivity (Wildman–Crippen MR) is 136 cm³/mol. The summed E-state index contributed by atoms with van der Waals surface area (Å²) in [5, 5.41) is 9.17. The van der Waals surface area contributed by atoms with Gasteiger partial charge in [0.2, 0.25) is 11.1 Å². The number of methoxy groups -OCH3 is 1. The molecule has 8 nitrogen and oxygen atoms in total. The average molecular weight is 515 g/mol. The number of allylic oxidation sites excluding steroid dienone is 1. The van der Waals surface area contributed by atoms with E-state index in [1.807, 2.05) is 56.3 Å². The second-order valence-corrected chi connectivity index (χ2v) is 9.38. The molecule has 184 valence electrons. The number of carbonyl (C=O) groups excluding carboxylic acids is 1. The molecule has 1 aliphatic rings. The Morgan fingerprint density at radius 2 is 1.94 bits per heavy atom. The van der Waals surface area contributed by atoms with Crippen molar-refractivity contribution < 1.29 is 19.0 Å². The summed E-state index contributed by atoms with van der Waals surface area (Å²) in [6.45, 7) is 6.29. The van der Waals surface area contributed by atoms with E-state index in [4.69, 9.17) is 25.8 Å². The number of hydrogen-bond acceptors (Lipinski definition) is 8. The number of nitrogens with zero attached hydrogens (tertiary/aromatic N) is 3. The zero-order valence-corrected chi connectivity index (χ0v) is 21.6. The SMILES string of the molecule is CCOC(=O)C1=C(C)Nc2nc(SCC)nn2C1c1ccc(OCc2ccc(Cl)cc2)c(OC)c1. The fourth-order valence-electron chi connectivity index (χ4n) is 3.82. The summed E-state index contributed by atoms with van der Waals surface area (Å²) in [7, 11) is 1.58. The molecule has 4 rings (SSSR count). The van der Waals surface area contributed by atoms with E-state index in [0.717, 1.165) is 16.9 Å². The van der Waals surface area contributed by atoms with Gasteiger partial charge in [-0.15, -0.1) is 5.10 Å². The summed E-state index contributed by atoms with van der Waals surface area (Å²) in [6.07, 6.45) is 0. The van der Waals surface area contributed by atoms with Crippen molar-refractivity contribution >= 4 is 35.3 Å². The van der Waals surface area contributed by atoms with Gasteiger partial charge in [-0.1, -0.05) is 48.5 Å². The topological polar surface area (TPSA) is 87.5 Å². The van der Waals surface area contributed by atoms with Crippen molar-refractivity contribution in [1.82, 2.24) is 14.8 Å². The van der Waals surface area contributed by atoms with Crippen LogP contribution in [0.1, 0.15) is 37.9 Å². The first-order valence-electron chi connectivity index (χ1n) is 11.2. The van der Waals surface area contributed by atoms with Crippen LogP contribution in [-0.4, -0.2) is 40.2 Å². The number of nitrogens with one attached hydrogen (secondary N) is 1. The molecule has 35 heavy (non-hydrogen) atoms.